The summed E-state index contributed by atoms with van der Waals surface area (Å²) in [6.07, 6.45) is 1.49. The molecule has 2 aromatic heterocycles. The van der Waals surface area contributed by atoms with Crippen LogP contribution in [0.4, 0.5) is 5.82 Å². The summed E-state index contributed by atoms with van der Waals surface area (Å²) in [4.78, 5) is 28.6. The van der Waals surface area contributed by atoms with Gasteiger partial charge in [0.15, 0.2) is 5.76 Å². The van der Waals surface area contributed by atoms with Gasteiger partial charge in [-0.3, -0.25) is 19.2 Å². The van der Waals surface area contributed by atoms with Gasteiger partial charge in [-0.15, -0.1) is 0 Å². The van der Waals surface area contributed by atoms with E-state index in [1.54, 1.807) is 40.9 Å². The summed E-state index contributed by atoms with van der Waals surface area (Å²) in [5.74, 6) is 0.727. The van der Waals surface area contributed by atoms with Crippen molar-refractivity contribution in [1.29, 1.82) is 0 Å². The zero-order chi connectivity index (χ0) is 21.1. The van der Waals surface area contributed by atoms with E-state index in [1.165, 1.54) is 6.26 Å². The lowest BCUT2D eigenvalue weighted by atomic mass is 10.1. The third kappa shape index (κ3) is 4.55. The number of halogens is 1. The van der Waals surface area contributed by atoms with E-state index in [0.29, 0.717) is 42.8 Å². The van der Waals surface area contributed by atoms with Crippen LogP contribution in [0.5, 0.6) is 0 Å². The van der Waals surface area contributed by atoms with Gasteiger partial charge in [0, 0.05) is 49.9 Å². The van der Waals surface area contributed by atoms with E-state index in [1.807, 2.05) is 23.1 Å². The molecule has 0 spiro atoms. The fourth-order valence-electron chi connectivity index (χ4n) is 3.40. The van der Waals surface area contributed by atoms with Gasteiger partial charge in [0.1, 0.15) is 5.82 Å². The summed E-state index contributed by atoms with van der Waals surface area (Å²) in [6.45, 7) is 2.62. The van der Waals surface area contributed by atoms with E-state index in [4.69, 9.17) is 16.0 Å². The normalized spacial score (nSPS) is 14.7. The molecule has 0 saturated carbocycles. The smallest absolute Gasteiger partial charge is 0.289 e. The van der Waals surface area contributed by atoms with Crippen molar-refractivity contribution < 1.29 is 14.0 Å². The number of furan rings is 1. The minimum atomic E-state index is -0.119. The highest BCUT2D eigenvalue weighted by Gasteiger charge is 2.24. The van der Waals surface area contributed by atoms with Crippen molar-refractivity contribution in [2.75, 3.05) is 38.0 Å². The van der Waals surface area contributed by atoms with Crippen molar-refractivity contribution in [2.24, 2.45) is 7.05 Å². The number of aromatic nitrogens is 2. The van der Waals surface area contributed by atoms with E-state index in [2.05, 4.69) is 10.4 Å². The molecule has 0 aliphatic carbocycles. The van der Waals surface area contributed by atoms with Crippen LogP contribution in [0.1, 0.15) is 10.6 Å². The second-order valence-electron chi connectivity index (χ2n) is 7.14. The topological polar surface area (TPSA) is 83.6 Å². The Labute approximate surface area is 179 Å². The molecule has 9 heteroatoms. The van der Waals surface area contributed by atoms with E-state index < -0.39 is 0 Å². The molecule has 1 aliphatic heterocycles. The van der Waals surface area contributed by atoms with Crippen LogP contribution in [-0.2, 0) is 11.8 Å². The zero-order valence-electron chi connectivity index (χ0n) is 16.5. The largest absolute Gasteiger partial charge is 0.459 e. The minimum absolute atomic E-state index is 0.117. The van der Waals surface area contributed by atoms with Crippen molar-refractivity contribution in [3.05, 3.63) is 59.5 Å². The maximum atomic E-state index is 12.5. The quantitative estimate of drug-likeness (QED) is 0.676. The Balaban J connectivity index is 1.30. The third-order valence-electron chi connectivity index (χ3n) is 5.05. The van der Waals surface area contributed by atoms with Crippen molar-refractivity contribution >= 4 is 29.2 Å². The molecule has 0 unspecified atom stereocenters. The predicted octanol–water partition coefficient (Wildman–Crippen LogP) is 2.73. The molecule has 0 radical (unpaired) electrons. The highest BCUT2D eigenvalue weighted by molar-refractivity contribution is 6.30. The van der Waals surface area contributed by atoms with Gasteiger partial charge in [-0.1, -0.05) is 23.7 Å². The molecule has 1 aromatic carbocycles. The second-order valence-corrected chi connectivity index (χ2v) is 7.58. The van der Waals surface area contributed by atoms with Gasteiger partial charge >= 0.3 is 0 Å². The number of rotatable bonds is 5. The van der Waals surface area contributed by atoms with Gasteiger partial charge in [-0.2, -0.15) is 5.10 Å². The average molecular weight is 428 g/mol. The van der Waals surface area contributed by atoms with Gasteiger partial charge in [-0.05, 0) is 24.3 Å². The molecule has 8 nitrogen and oxygen atoms in total. The summed E-state index contributed by atoms with van der Waals surface area (Å²) in [5, 5.41) is 8.03. The lowest BCUT2D eigenvalue weighted by molar-refractivity contribution is -0.117. The minimum Gasteiger partial charge on any atom is -0.459 e. The van der Waals surface area contributed by atoms with Gasteiger partial charge in [0.2, 0.25) is 5.91 Å². The molecule has 30 heavy (non-hydrogen) atoms. The Kier molecular flexibility index (Phi) is 5.87. The summed E-state index contributed by atoms with van der Waals surface area (Å²) >= 11 is 5.94. The number of amides is 2. The first-order valence-corrected chi connectivity index (χ1v) is 10.0. The van der Waals surface area contributed by atoms with Crippen molar-refractivity contribution in [3.63, 3.8) is 0 Å². The van der Waals surface area contributed by atoms with Crippen LogP contribution < -0.4 is 5.32 Å². The van der Waals surface area contributed by atoms with Gasteiger partial charge in [0.05, 0.1) is 18.5 Å². The maximum absolute atomic E-state index is 12.5. The number of piperazine rings is 1. The third-order valence-corrected chi connectivity index (χ3v) is 5.30. The first kappa shape index (κ1) is 20.2. The standard InChI is InChI=1S/C21H22ClN5O3/c1-25-19(13-17(24-25)15-4-6-16(22)7-5-15)23-20(28)14-26-8-10-27(11-9-26)21(29)18-3-2-12-30-18/h2-7,12-13H,8-11,14H2,1H3,(H,23,28). The molecule has 1 N–H and O–H groups in total. The molecule has 3 aromatic rings. The first-order valence-electron chi connectivity index (χ1n) is 9.64. The van der Waals surface area contributed by atoms with E-state index in [0.717, 1.165) is 11.3 Å². The lowest BCUT2D eigenvalue weighted by Crippen LogP contribution is -2.50. The number of carbonyl (C=O) groups is 2. The molecule has 1 saturated heterocycles. The number of benzene rings is 1. The van der Waals surface area contributed by atoms with Crippen molar-refractivity contribution in [1.82, 2.24) is 19.6 Å². The number of carbonyl (C=O) groups excluding carboxylic acids is 2. The predicted molar refractivity (Wildman–Crippen MR) is 113 cm³/mol. The summed E-state index contributed by atoms with van der Waals surface area (Å²) in [7, 11) is 1.79. The number of nitrogens with one attached hydrogen (secondary N) is 1. The van der Waals surface area contributed by atoms with Gasteiger partial charge in [-0.25, -0.2) is 0 Å². The van der Waals surface area contributed by atoms with Crippen LogP contribution in [0.3, 0.4) is 0 Å². The van der Waals surface area contributed by atoms with Crippen LogP contribution in [0.25, 0.3) is 11.3 Å². The second kappa shape index (κ2) is 8.73. The number of aryl methyl sites for hydroxylation is 1. The summed E-state index contributed by atoms with van der Waals surface area (Å²) < 4.78 is 6.81. The summed E-state index contributed by atoms with van der Waals surface area (Å²) in [6, 6.07) is 12.6. The molecule has 0 bridgehead atoms. The summed E-state index contributed by atoms with van der Waals surface area (Å²) in [5.41, 5.74) is 1.68. The van der Waals surface area contributed by atoms with E-state index in [-0.39, 0.29) is 18.4 Å². The van der Waals surface area contributed by atoms with Crippen LogP contribution in [-0.4, -0.2) is 64.1 Å². The molecular weight excluding hydrogens is 406 g/mol. The highest BCUT2D eigenvalue weighted by Crippen LogP contribution is 2.23. The van der Waals surface area contributed by atoms with E-state index in [9.17, 15) is 9.59 Å². The molecular formula is C21H22ClN5O3. The zero-order valence-corrected chi connectivity index (χ0v) is 17.3. The van der Waals surface area contributed by atoms with Crippen LogP contribution in [0.2, 0.25) is 5.02 Å². The highest BCUT2D eigenvalue weighted by atomic mass is 35.5. The lowest BCUT2D eigenvalue weighted by Gasteiger charge is -2.33. The molecule has 0 atom stereocenters. The SMILES string of the molecule is Cn1nc(-c2ccc(Cl)cc2)cc1NC(=O)CN1CCN(C(=O)c2ccco2)CC1. The fourth-order valence-corrected chi connectivity index (χ4v) is 3.52. The fraction of sp³-hybridized carbons (Fsp3) is 0.286. The Morgan fingerprint density at radius 2 is 1.87 bits per heavy atom. The van der Waals surface area contributed by atoms with Gasteiger partial charge < -0.3 is 14.6 Å². The first-order chi connectivity index (χ1) is 14.5. The molecule has 4 rings (SSSR count). The Hall–Kier alpha value is -3.10. The monoisotopic (exact) mass is 427 g/mol. The van der Waals surface area contributed by atoms with Crippen molar-refractivity contribution in [3.8, 4) is 11.3 Å². The van der Waals surface area contributed by atoms with Crippen LogP contribution >= 0.6 is 11.6 Å². The van der Waals surface area contributed by atoms with Crippen molar-refractivity contribution in [2.45, 2.75) is 0 Å². The molecule has 1 aliphatic rings. The van der Waals surface area contributed by atoms with Gasteiger partial charge in [0.25, 0.3) is 5.91 Å². The number of hydrogen-bond donors (Lipinski definition) is 1. The molecule has 3 heterocycles. The van der Waals surface area contributed by atoms with Crippen LogP contribution in [0, 0.1) is 0 Å². The Morgan fingerprint density at radius 1 is 1.13 bits per heavy atom. The number of hydrogen-bond acceptors (Lipinski definition) is 5. The Morgan fingerprint density at radius 3 is 2.53 bits per heavy atom. The molecule has 2 amide bonds. The number of anilines is 1. The maximum Gasteiger partial charge on any atom is 0.289 e. The average Bonchev–Trinajstić information content (AvgIpc) is 3.39. The Bertz CT molecular complexity index is 1020. The number of nitrogens with zero attached hydrogens (tertiary/aromatic N) is 4. The van der Waals surface area contributed by atoms with E-state index >= 15 is 0 Å². The molecule has 156 valence electrons. The van der Waals surface area contributed by atoms with Crippen LogP contribution in [0.15, 0.2) is 53.1 Å². The molecule has 1 fully saturated rings.